The van der Waals surface area contributed by atoms with Gasteiger partial charge in [-0.05, 0) is 0 Å². The average molecular weight is 150 g/mol. The van der Waals surface area contributed by atoms with Crippen molar-refractivity contribution in [1.82, 2.24) is 5.12 Å². The molecule has 0 amide bonds. The van der Waals surface area contributed by atoms with Crippen LogP contribution in [0, 0.1) is 20.2 Å². The van der Waals surface area contributed by atoms with Crippen molar-refractivity contribution in [3.05, 3.63) is 20.2 Å². The molecule has 0 saturated heterocycles. The highest BCUT2D eigenvalue weighted by molar-refractivity contribution is 4.31. The van der Waals surface area contributed by atoms with E-state index in [1.165, 1.54) is 0 Å². The van der Waals surface area contributed by atoms with Crippen molar-refractivity contribution in [3.63, 3.8) is 0 Å². The zero-order chi connectivity index (χ0) is 8.15. The smallest absolute Gasteiger partial charge is 0.222 e. The van der Waals surface area contributed by atoms with Crippen LogP contribution in [0.2, 0.25) is 0 Å². The molecule has 0 saturated carbocycles. The summed E-state index contributed by atoms with van der Waals surface area (Å²) in [5.41, 5.74) is 4.85. The molecule has 2 N–H and O–H groups in total. The molecule has 0 aromatic heterocycles. The maximum Gasteiger partial charge on any atom is 0.222 e. The molecule has 0 heterocycles. The molecule has 0 radical (unpaired) electrons. The molecule has 0 aliphatic carbocycles. The monoisotopic (exact) mass is 150 g/mol. The Morgan fingerprint density at radius 2 is 1.70 bits per heavy atom. The van der Waals surface area contributed by atoms with Gasteiger partial charge in [0.25, 0.3) is 0 Å². The van der Waals surface area contributed by atoms with Crippen molar-refractivity contribution in [2.45, 2.75) is 0 Å². The van der Waals surface area contributed by atoms with Crippen molar-refractivity contribution in [2.24, 2.45) is 5.73 Å². The van der Waals surface area contributed by atoms with Crippen molar-refractivity contribution in [3.8, 4) is 0 Å². The van der Waals surface area contributed by atoms with E-state index in [0.29, 0.717) is 0 Å². The van der Waals surface area contributed by atoms with Gasteiger partial charge in [0.2, 0.25) is 10.1 Å². The standard InChI is InChI=1S/C2H6N4O4/c3-1-2-4(5(7)8)6(9)10/h1-3H2. The third kappa shape index (κ3) is 2.22. The highest BCUT2D eigenvalue weighted by Crippen LogP contribution is 1.85. The van der Waals surface area contributed by atoms with Gasteiger partial charge in [-0.1, -0.05) is 0 Å². The van der Waals surface area contributed by atoms with Crippen molar-refractivity contribution in [2.75, 3.05) is 13.1 Å². The van der Waals surface area contributed by atoms with Crippen LogP contribution in [0.4, 0.5) is 0 Å². The Hall–Kier alpha value is -1.44. The third-order valence-electron chi connectivity index (χ3n) is 0.706. The molecular weight excluding hydrogens is 144 g/mol. The van der Waals surface area contributed by atoms with Gasteiger partial charge in [0.15, 0.2) is 11.7 Å². The second-order valence-corrected chi connectivity index (χ2v) is 1.36. The molecule has 0 aromatic rings. The maximum absolute atomic E-state index is 9.77. The summed E-state index contributed by atoms with van der Waals surface area (Å²) in [5.74, 6) is 0. The molecular formula is C2H6N4O4. The number of hydrogen-bond donors (Lipinski definition) is 1. The second-order valence-electron chi connectivity index (χ2n) is 1.36. The number of nitro groups is 2. The van der Waals surface area contributed by atoms with Crippen LogP contribution in [0.25, 0.3) is 0 Å². The molecule has 0 aliphatic heterocycles. The number of hydrogen-bond acceptors (Lipinski definition) is 5. The first-order chi connectivity index (χ1) is 4.59. The normalized spacial score (nSPS) is 8.90. The largest absolute Gasteiger partial charge is 0.328 e. The molecule has 0 spiro atoms. The van der Waals surface area contributed by atoms with E-state index in [0.717, 1.165) is 0 Å². The summed E-state index contributed by atoms with van der Waals surface area (Å²) < 4.78 is 0. The minimum atomic E-state index is -1.12. The predicted molar refractivity (Wildman–Crippen MR) is 29.7 cm³/mol. The molecule has 8 nitrogen and oxygen atoms in total. The Labute approximate surface area is 55.5 Å². The Kier molecular flexibility index (Phi) is 3.05. The fourth-order valence-electron chi connectivity index (χ4n) is 0.338. The highest BCUT2D eigenvalue weighted by atomic mass is 16.8. The lowest BCUT2D eigenvalue weighted by atomic mass is 10.7. The highest BCUT2D eigenvalue weighted by Gasteiger charge is 2.24. The lowest BCUT2D eigenvalue weighted by molar-refractivity contribution is -0.906. The molecule has 0 unspecified atom stereocenters. The molecule has 0 rings (SSSR count). The minimum Gasteiger partial charge on any atom is -0.328 e. The first kappa shape index (κ1) is 8.56. The first-order valence-electron chi connectivity index (χ1n) is 2.35. The van der Waals surface area contributed by atoms with E-state index in [-0.39, 0.29) is 18.2 Å². The van der Waals surface area contributed by atoms with Crippen molar-refractivity contribution < 1.29 is 10.1 Å². The topological polar surface area (TPSA) is 116 Å². The average Bonchev–Trinajstić information content (AvgIpc) is 1.81. The fraction of sp³-hybridized carbons (Fsp3) is 1.00. The van der Waals surface area contributed by atoms with Gasteiger partial charge < -0.3 is 5.73 Å². The summed E-state index contributed by atoms with van der Waals surface area (Å²) in [7, 11) is 0. The summed E-state index contributed by atoms with van der Waals surface area (Å²) in [6.45, 7) is -0.512. The summed E-state index contributed by atoms with van der Waals surface area (Å²) >= 11 is 0. The van der Waals surface area contributed by atoms with Gasteiger partial charge in [0.1, 0.15) is 0 Å². The van der Waals surface area contributed by atoms with Gasteiger partial charge in [0, 0.05) is 6.54 Å². The quantitative estimate of drug-likeness (QED) is 0.390. The van der Waals surface area contributed by atoms with E-state index in [1.54, 1.807) is 0 Å². The lowest BCUT2D eigenvalue weighted by Crippen LogP contribution is -2.39. The van der Waals surface area contributed by atoms with Crippen LogP contribution < -0.4 is 5.73 Å². The van der Waals surface area contributed by atoms with Crippen LogP contribution in [0.15, 0.2) is 0 Å². The molecule has 0 aromatic carbocycles. The molecule has 8 heteroatoms. The van der Waals surface area contributed by atoms with Crippen LogP contribution in [0.1, 0.15) is 0 Å². The van der Waals surface area contributed by atoms with Gasteiger partial charge in [0.05, 0.1) is 0 Å². The van der Waals surface area contributed by atoms with Crippen LogP contribution in [-0.4, -0.2) is 28.3 Å². The van der Waals surface area contributed by atoms with E-state index in [2.05, 4.69) is 0 Å². The summed E-state index contributed by atoms with van der Waals surface area (Å²) in [6.07, 6.45) is 0. The van der Waals surface area contributed by atoms with E-state index in [1.807, 2.05) is 0 Å². The van der Waals surface area contributed by atoms with E-state index < -0.39 is 10.1 Å². The summed E-state index contributed by atoms with van der Waals surface area (Å²) in [6, 6.07) is 0. The molecule has 0 aliphatic rings. The number of nitrogens with two attached hydrogens (primary N) is 1. The Morgan fingerprint density at radius 3 is 1.80 bits per heavy atom. The first-order valence-corrected chi connectivity index (χ1v) is 2.35. The lowest BCUT2D eigenvalue weighted by Gasteiger charge is -1.99. The minimum absolute atomic E-state index is 0.123. The maximum atomic E-state index is 9.77. The van der Waals surface area contributed by atoms with Gasteiger partial charge in [-0.3, -0.25) is 0 Å². The van der Waals surface area contributed by atoms with Gasteiger partial charge in [-0.25, -0.2) is 20.2 Å². The van der Waals surface area contributed by atoms with E-state index >= 15 is 0 Å². The van der Waals surface area contributed by atoms with E-state index in [4.69, 9.17) is 5.73 Å². The van der Waals surface area contributed by atoms with Crippen LogP contribution in [-0.2, 0) is 0 Å². The third-order valence-corrected chi connectivity index (χ3v) is 0.706. The van der Waals surface area contributed by atoms with Gasteiger partial charge >= 0.3 is 0 Å². The second kappa shape index (κ2) is 3.56. The fourth-order valence-corrected chi connectivity index (χ4v) is 0.338. The summed E-state index contributed by atoms with van der Waals surface area (Å²) in [5, 5.41) is 17.1. The molecule has 0 bridgehead atoms. The van der Waals surface area contributed by atoms with Crippen molar-refractivity contribution in [1.29, 1.82) is 0 Å². The van der Waals surface area contributed by atoms with Crippen molar-refractivity contribution >= 4 is 0 Å². The zero-order valence-electron chi connectivity index (χ0n) is 4.97. The van der Waals surface area contributed by atoms with E-state index in [9.17, 15) is 20.2 Å². The van der Waals surface area contributed by atoms with Crippen LogP contribution in [0.5, 0.6) is 0 Å². The van der Waals surface area contributed by atoms with Gasteiger partial charge in [-0.2, -0.15) is 0 Å². The van der Waals surface area contributed by atoms with Crippen LogP contribution in [0.3, 0.4) is 0 Å². The predicted octanol–water partition coefficient (Wildman–Crippen LogP) is -1.37. The zero-order valence-corrected chi connectivity index (χ0v) is 4.97. The number of rotatable bonds is 4. The van der Waals surface area contributed by atoms with Gasteiger partial charge in [-0.15, -0.1) is 0 Å². The Morgan fingerprint density at radius 1 is 1.30 bits per heavy atom. The summed E-state index contributed by atoms with van der Waals surface area (Å²) in [4.78, 5) is 19.5. The SMILES string of the molecule is NCCN([N+](=O)[O-])[N+](=O)[O-]. The van der Waals surface area contributed by atoms with Crippen LogP contribution >= 0.6 is 0 Å². The molecule has 58 valence electrons. The Balaban J connectivity index is 3.98. The molecule has 0 fully saturated rings. The molecule has 0 atom stereocenters. The Bertz CT molecular complexity index is 132. The molecule has 10 heavy (non-hydrogen) atoms. The number of hydrazine groups is 2. The number of nitrogens with zero attached hydrogens (tertiary/aromatic N) is 3.